The predicted molar refractivity (Wildman–Crippen MR) is 77.3 cm³/mol. The minimum Gasteiger partial charge on any atom is -0.248 e. The van der Waals surface area contributed by atoms with Gasteiger partial charge in [-0.15, -0.1) is 22.7 Å². The van der Waals surface area contributed by atoms with Crippen LogP contribution in [-0.4, -0.2) is 24.3 Å². The van der Waals surface area contributed by atoms with E-state index in [0.717, 1.165) is 29.2 Å². The average Bonchev–Trinajstić information content (AvgIpc) is 3.09. The molecule has 3 rings (SSSR count). The van der Waals surface area contributed by atoms with E-state index in [4.69, 9.17) is 11.6 Å². The van der Waals surface area contributed by atoms with Gasteiger partial charge in [-0.2, -0.15) is 4.31 Å². The molecule has 0 radical (unpaired) electrons. The van der Waals surface area contributed by atoms with Crippen molar-refractivity contribution in [1.82, 2.24) is 9.29 Å². The first kappa shape index (κ1) is 13.5. The molecule has 0 aliphatic carbocycles. The summed E-state index contributed by atoms with van der Waals surface area (Å²) in [5.41, 5.74) is 0. The smallest absolute Gasteiger partial charge is 0.248 e. The highest BCUT2D eigenvalue weighted by molar-refractivity contribution is 7.91. The van der Waals surface area contributed by atoms with E-state index in [1.165, 1.54) is 11.3 Å². The zero-order valence-electron chi connectivity index (χ0n) is 9.82. The summed E-state index contributed by atoms with van der Waals surface area (Å²) in [6, 6.07) is 3.05. The van der Waals surface area contributed by atoms with E-state index in [-0.39, 0.29) is 6.04 Å². The fourth-order valence-electron chi connectivity index (χ4n) is 2.23. The molecule has 1 aliphatic rings. The highest BCUT2D eigenvalue weighted by Crippen LogP contribution is 2.39. The zero-order valence-corrected chi connectivity index (χ0v) is 13.0. The molecule has 3 heterocycles. The van der Waals surface area contributed by atoms with Crippen molar-refractivity contribution < 1.29 is 8.42 Å². The molecule has 19 heavy (non-hydrogen) atoms. The summed E-state index contributed by atoms with van der Waals surface area (Å²) in [5, 5.41) is 2.74. The molecule has 2 aromatic rings. The Bertz CT molecular complexity index is 666. The molecule has 0 amide bonds. The van der Waals surface area contributed by atoms with Crippen LogP contribution in [0.15, 0.2) is 27.9 Å². The molecule has 1 aliphatic heterocycles. The fraction of sp³-hybridized carbons (Fsp3) is 0.364. The molecule has 102 valence electrons. The van der Waals surface area contributed by atoms with E-state index in [1.807, 2.05) is 5.38 Å². The second kappa shape index (κ2) is 5.14. The van der Waals surface area contributed by atoms with Crippen LogP contribution in [-0.2, 0) is 10.0 Å². The van der Waals surface area contributed by atoms with E-state index in [0.29, 0.717) is 15.1 Å². The van der Waals surface area contributed by atoms with Gasteiger partial charge in [0.2, 0.25) is 0 Å². The summed E-state index contributed by atoms with van der Waals surface area (Å²) in [5.74, 6) is 0. The van der Waals surface area contributed by atoms with Gasteiger partial charge in [0.05, 0.1) is 10.4 Å². The number of thiophene rings is 1. The van der Waals surface area contributed by atoms with Crippen molar-refractivity contribution in [3.8, 4) is 0 Å². The number of sulfonamides is 1. The van der Waals surface area contributed by atoms with Crippen LogP contribution in [0.3, 0.4) is 0 Å². The maximum Gasteiger partial charge on any atom is 0.253 e. The molecular weight excluding hydrogens is 324 g/mol. The lowest BCUT2D eigenvalue weighted by atomic mass is 10.2. The van der Waals surface area contributed by atoms with Crippen LogP contribution >= 0.6 is 34.3 Å². The van der Waals surface area contributed by atoms with Crippen molar-refractivity contribution >= 4 is 44.3 Å². The number of nitrogens with zero attached hydrogens (tertiary/aromatic N) is 2. The number of hydrogen-bond acceptors (Lipinski definition) is 5. The van der Waals surface area contributed by atoms with E-state index in [2.05, 4.69) is 4.98 Å². The maximum atomic E-state index is 12.6. The first-order valence-corrected chi connectivity index (χ1v) is 9.27. The normalized spacial score (nSPS) is 21.0. The molecule has 2 aromatic heterocycles. The van der Waals surface area contributed by atoms with Gasteiger partial charge in [0.25, 0.3) is 10.0 Å². The molecule has 0 saturated carbocycles. The number of halogens is 1. The lowest BCUT2D eigenvalue weighted by molar-refractivity contribution is 0.397. The third-order valence-electron chi connectivity index (χ3n) is 3.05. The Labute approximate surface area is 124 Å². The SMILES string of the molecule is O=S(=O)(c1ccc(Cl)s1)N1CCCC1c1nccs1. The van der Waals surface area contributed by atoms with Gasteiger partial charge < -0.3 is 0 Å². The molecule has 1 atom stereocenters. The third-order valence-corrected chi connectivity index (χ3v) is 7.54. The van der Waals surface area contributed by atoms with E-state index in [9.17, 15) is 8.42 Å². The lowest BCUT2D eigenvalue weighted by Gasteiger charge is -2.21. The van der Waals surface area contributed by atoms with Crippen LogP contribution in [0.25, 0.3) is 0 Å². The summed E-state index contributed by atoms with van der Waals surface area (Å²) in [6.07, 6.45) is 3.40. The van der Waals surface area contributed by atoms with Crippen molar-refractivity contribution in [2.45, 2.75) is 23.1 Å². The monoisotopic (exact) mass is 334 g/mol. The lowest BCUT2D eigenvalue weighted by Crippen LogP contribution is -2.30. The molecule has 0 bridgehead atoms. The highest BCUT2D eigenvalue weighted by Gasteiger charge is 2.38. The van der Waals surface area contributed by atoms with Crippen molar-refractivity contribution in [2.24, 2.45) is 0 Å². The summed E-state index contributed by atoms with van der Waals surface area (Å²) in [7, 11) is -3.46. The molecule has 0 aromatic carbocycles. The Kier molecular flexibility index (Phi) is 3.65. The van der Waals surface area contributed by atoms with Crippen molar-refractivity contribution in [1.29, 1.82) is 0 Å². The van der Waals surface area contributed by atoms with Gasteiger partial charge in [-0.05, 0) is 25.0 Å². The molecule has 0 spiro atoms. The first-order chi connectivity index (χ1) is 9.09. The Balaban J connectivity index is 1.96. The number of thiazole rings is 1. The van der Waals surface area contributed by atoms with Gasteiger partial charge in [0.1, 0.15) is 9.22 Å². The van der Waals surface area contributed by atoms with Crippen LogP contribution in [0.5, 0.6) is 0 Å². The molecule has 8 heteroatoms. The largest absolute Gasteiger partial charge is 0.253 e. The Hall–Kier alpha value is -0.470. The van der Waals surface area contributed by atoms with Crippen molar-refractivity contribution in [2.75, 3.05) is 6.54 Å². The Morgan fingerprint density at radius 2 is 2.26 bits per heavy atom. The first-order valence-electron chi connectivity index (χ1n) is 5.75. The highest BCUT2D eigenvalue weighted by atomic mass is 35.5. The second-order valence-corrected chi connectivity index (χ2v) is 8.96. The van der Waals surface area contributed by atoms with Crippen LogP contribution in [0.2, 0.25) is 4.34 Å². The Morgan fingerprint density at radius 1 is 1.42 bits per heavy atom. The average molecular weight is 335 g/mol. The van der Waals surface area contributed by atoms with Gasteiger partial charge in [0, 0.05) is 18.1 Å². The minimum atomic E-state index is -3.46. The van der Waals surface area contributed by atoms with Crippen LogP contribution in [0.1, 0.15) is 23.9 Å². The van der Waals surface area contributed by atoms with Gasteiger partial charge in [-0.3, -0.25) is 0 Å². The number of hydrogen-bond donors (Lipinski definition) is 0. The Morgan fingerprint density at radius 3 is 2.89 bits per heavy atom. The van der Waals surface area contributed by atoms with Crippen molar-refractivity contribution in [3.05, 3.63) is 33.1 Å². The molecule has 0 N–H and O–H groups in total. The quantitative estimate of drug-likeness (QED) is 0.864. The summed E-state index contributed by atoms with van der Waals surface area (Å²) in [4.78, 5) is 4.25. The maximum absolute atomic E-state index is 12.6. The molecule has 1 unspecified atom stereocenters. The van der Waals surface area contributed by atoms with Gasteiger partial charge in [-0.1, -0.05) is 11.6 Å². The van der Waals surface area contributed by atoms with Gasteiger partial charge >= 0.3 is 0 Å². The standard InChI is InChI=1S/C11H11ClN2O2S3/c12-9-3-4-10(18-9)19(15,16)14-6-1-2-8(14)11-13-5-7-17-11/h3-5,7-8H,1-2,6H2. The summed E-state index contributed by atoms with van der Waals surface area (Å²) < 4.78 is 27.6. The van der Waals surface area contributed by atoms with Gasteiger partial charge in [-0.25, -0.2) is 13.4 Å². The molecule has 1 saturated heterocycles. The van der Waals surface area contributed by atoms with Crippen LogP contribution < -0.4 is 0 Å². The topological polar surface area (TPSA) is 50.3 Å². The number of rotatable bonds is 3. The van der Waals surface area contributed by atoms with E-state index >= 15 is 0 Å². The van der Waals surface area contributed by atoms with Crippen molar-refractivity contribution in [3.63, 3.8) is 0 Å². The molecular formula is C11H11ClN2O2S3. The van der Waals surface area contributed by atoms with E-state index in [1.54, 1.807) is 22.6 Å². The summed E-state index contributed by atoms with van der Waals surface area (Å²) >= 11 is 8.43. The number of aromatic nitrogens is 1. The van der Waals surface area contributed by atoms with E-state index < -0.39 is 10.0 Å². The minimum absolute atomic E-state index is 0.133. The summed E-state index contributed by atoms with van der Waals surface area (Å²) in [6.45, 7) is 0.544. The molecule has 4 nitrogen and oxygen atoms in total. The van der Waals surface area contributed by atoms with Gasteiger partial charge in [0.15, 0.2) is 0 Å². The third kappa shape index (κ3) is 2.45. The zero-order chi connectivity index (χ0) is 13.5. The van der Waals surface area contributed by atoms with Crippen LogP contribution in [0, 0.1) is 0 Å². The fourth-order valence-corrected chi connectivity index (χ4v) is 6.35. The van der Waals surface area contributed by atoms with Crippen LogP contribution in [0.4, 0.5) is 0 Å². The molecule has 1 fully saturated rings. The predicted octanol–water partition coefficient (Wildman–Crippen LogP) is 3.38. The second-order valence-electron chi connectivity index (χ2n) is 4.20.